The summed E-state index contributed by atoms with van der Waals surface area (Å²) in [6.45, 7) is 5.73. The van der Waals surface area contributed by atoms with Crippen molar-refractivity contribution in [1.29, 1.82) is 0 Å². The van der Waals surface area contributed by atoms with E-state index in [1.54, 1.807) is 18.2 Å². The van der Waals surface area contributed by atoms with Gasteiger partial charge < -0.3 is 4.74 Å². The van der Waals surface area contributed by atoms with Crippen molar-refractivity contribution in [1.82, 2.24) is 0 Å². The van der Waals surface area contributed by atoms with Gasteiger partial charge in [0.2, 0.25) is 0 Å². The van der Waals surface area contributed by atoms with Crippen LogP contribution < -0.4 is 0 Å². The van der Waals surface area contributed by atoms with E-state index in [2.05, 4.69) is 12.7 Å². The maximum Gasteiger partial charge on any atom is 0.338 e. The molecule has 1 aromatic carbocycles. The minimum atomic E-state index is -0.395. The predicted molar refractivity (Wildman–Crippen MR) is 73.3 cm³/mol. The third kappa shape index (κ3) is 2.53. The van der Waals surface area contributed by atoms with Gasteiger partial charge in [-0.25, -0.2) is 4.79 Å². The molecule has 1 atom stereocenters. The number of ether oxygens (including phenoxy) is 1. The first-order chi connectivity index (χ1) is 8.69. The van der Waals surface area contributed by atoms with Gasteiger partial charge in [-0.2, -0.15) is 0 Å². The molecule has 1 aliphatic rings. The summed E-state index contributed by atoms with van der Waals surface area (Å²) in [4.78, 5) is 12.1. The van der Waals surface area contributed by atoms with Crippen molar-refractivity contribution in [2.45, 2.75) is 31.8 Å². The van der Waals surface area contributed by atoms with Crippen LogP contribution in [0.1, 0.15) is 42.1 Å². The maximum absolute atomic E-state index is 12.1. The summed E-state index contributed by atoms with van der Waals surface area (Å²) in [7, 11) is 0. The summed E-state index contributed by atoms with van der Waals surface area (Å²) in [6, 6.07) is 7.29. The molecule has 2 nitrogen and oxygen atoms in total. The average Bonchev–Trinajstić information content (AvgIpc) is 2.88. The van der Waals surface area contributed by atoms with E-state index in [1.165, 1.54) is 0 Å². The molecule has 1 aliphatic carbocycles. The number of rotatable bonds is 4. The van der Waals surface area contributed by atoms with Gasteiger partial charge in [0.05, 0.1) is 5.56 Å². The zero-order valence-electron chi connectivity index (χ0n) is 10.7. The minimum Gasteiger partial charge on any atom is -0.451 e. The van der Waals surface area contributed by atoms with E-state index < -0.39 is 5.60 Å². The third-order valence-electron chi connectivity index (χ3n) is 3.43. The van der Waals surface area contributed by atoms with E-state index in [0.717, 1.165) is 24.8 Å². The van der Waals surface area contributed by atoms with Gasteiger partial charge in [0.15, 0.2) is 0 Å². The Bertz CT molecular complexity index is 470. The van der Waals surface area contributed by atoms with Crippen LogP contribution in [-0.2, 0) is 4.74 Å². The lowest BCUT2D eigenvalue weighted by Gasteiger charge is -2.26. The monoisotopic (exact) mass is 242 g/mol. The number of hydrogen-bond donors (Lipinski definition) is 0. The molecular formula is C16H18O2. The van der Waals surface area contributed by atoms with Crippen LogP contribution >= 0.6 is 0 Å². The Labute approximate surface area is 108 Å². The molecule has 0 fully saturated rings. The Morgan fingerprint density at radius 2 is 2.17 bits per heavy atom. The summed E-state index contributed by atoms with van der Waals surface area (Å²) in [5.74, 6) is -0.251. The fourth-order valence-electron chi connectivity index (χ4n) is 2.16. The van der Waals surface area contributed by atoms with Gasteiger partial charge >= 0.3 is 5.97 Å². The number of hydrogen-bond acceptors (Lipinski definition) is 2. The van der Waals surface area contributed by atoms with Crippen LogP contribution in [0.4, 0.5) is 0 Å². The van der Waals surface area contributed by atoms with Gasteiger partial charge in [0.1, 0.15) is 5.60 Å². The van der Waals surface area contributed by atoms with E-state index in [0.29, 0.717) is 5.56 Å². The molecule has 1 unspecified atom stereocenters. The zero-order chi connectivity index (χ0) is 13.0. The third-order valence-corrected chi connectivity index (χ3v) is 3.43. The lowest BCUT2D eigenvalue weighted by molar-refractivity contribution is 0.00233. The molecule has 0 spiro atoms. The smallest absolute Gasteiger partial charge is 0.338 e. The van der Waals surface area contributed by atoms with Crippen LogP contribution in [0.2, 0.25) is 0 Å². The topological polar surface area (TPSA) is 26.3 Å². The summed E-state index contributed by atoms with van der Waals surface area (Å²) in [6.07, 6.45) is 8.54. The highest BCUT2D eigenvalue weighted by atomic mass is 16.6. The molecule has 0 radical (unpaired) electrons. The van der Waals surface area contributed by atoms with Crippen molar-refractivity contribution >= 4 is 12.0 Å². The Balaban J connectivity index is 2.11. The molecular weight excluding hydrogens is 224 g/mol. The molecule has 0 saturated heterocycles. The van der Waals surface area contributed by atoms with Gasteiger partial charge in [0.25, 0.3) is 0 Å². The fraction of sp³-hybridized carbons (Fsp3) is 0.312. The second-order valence-corrected chi connectivity index (χ2v) is 4.58. The lowest BCUT2D eigenvalue weighted by Crippen LogP contribution is -2.30. The highest BCUT2D eigenvalue weighted by Gasteiger charge is 2.32. The SMILES string of the molecule is C=Cc1ccc(C(=O)OC2(CC)C=CCC2)cc1. The van der Waals surface area contributed by atoms with Crippen LogP contribution in [0.5, 0.6) is 0 Å². The molecule has 94 valence electrons. The van der Waals surface area contributed by atoms with Crippen molar-refractivity contribution < 1.29 is 9.53 Å². The molecule has 2 rings (SSSR count). The summed E-state index contributed by atoms with van der Waals surface area (Å²) in [5.41, 5.74) is 1.19. The molecule has 0 heterocycles. The fourth-order valence-corrected chi connectivity index (χ4v) is 2.16. The van der Waals surface area contributed by atoms with Gasteiger partial charge in [-0.3, -0.25) is 0 Å². The van der Waals surface area contributed by atoms with E-state index in [4.69, 9.17) is 4.74 Å². The van der Waals surface area contributed by atoms with Crippen LogP contribution in [0.15, 0.2) is 43.0 Å². The number of esters is 1. The van der Waals surface area contributed by atoms with E-state index in [-0.39, 0.29) is 5.97 Å². The van der Waals surface area contributed by atoms with Crippen LogP contribution in [0, 0.1) is 0 Å². The maximum atomic E-state index is 12.1. The van der Waals surface area contributed by atoms with Crippen LogP contribution in [-0.4, -0.2) is 11.6 Å². The largest absolute Gasteiger partial charge is 0.451 e. The van der Waals surface area contributed by atoms with Crippen LogP contribution in [0.3, 0.4) is 0 Å². The van der Waals surface area contributed by atoms with Crippen molar-refractivity contribution in [3.63, 3.8) is 0 Å². The van der Waals surface area contributed by atoms with E-state index >= 15 is 0 Å². The van der Waals surface area contributed by atoms with Crippen LogP contribution in [0.25, 0.3) is 6.08 Å². The molecule has 0 amide bonds. The molecule has 0 aliphatic heterocycles. The number of benzene rings is 1. The highest BCUT2D eigenvalue weighted by molar-refractivity contribution is 5.90. The van der Waals surface area contributed by atoms with Gasteiger partial charge in [-0.15, -0.1) is 0 Å². The van der Waals surface area contributed by atoms with Gasteiger partial charge in [-0.1, -0.05) is 37.8 Å². The summed E-state index contributed by atoms with van der Waals surface area (Å²) in [5, 5.41) is 0. The Morgan fingerprint density at radius 3 is 2.67 bits per heavy atom. The summed E-state index contributed by atoms with van der Waals surface area (Å²) < 4.78 is 5.66. The quantitative estimate of drug-likeness (QED) is 0.589. The first-order valence-electron chi connectivity index (χ1n) is 6.33. The number of allylic oxidation sites excluding steroid dienone is 1. The molecule has 0 N–H and O–H groups in total. The van der Waals surface area contributed by atoms with E-state index in [1.807, 2.05) is 25.1 Å². The zero-order valence-corrected chi connectivity index (χ0v) is 10.7. The standard InChI is InChI=1S/C16H18O2/c1-3-13-7-9-14(10-8-13)15(17)18-16(4-2)11-5-6-12-16/h3,5,7-11H,1,4,6,12H2,2H3. The molecule has 0 bridgehead atoms. The Morgan fingerprint density at radius 1 is 1.44 bits per heavy atom. The van der Waals surface area contributed by atoms with Crippen molar-refractivity contribution in [3.8, 4) is 0 Å². The first-order valence-corrected chi connectivity index (χ1v) is 6.33. The lowest BCUT2D eigenvalue weighted by atomic mass is 10.00. The van der Waals surface area contributed by atoms with E-state index in [9.17, 15) is 4.79 Å². The van der Waals surface area contributed by atoms with Gasteiger partial charge in [-0.05, 0) is 43.0 Å². The van der Waals surface area contributed by atoms with Gasteiger partial charge in [0, 0.05) is 0 Å². The minimum absolute atomic E-state index is 0.251. The first kappa shape index (κ1) is 12.6. The Kier molecular flexibility index (Phi) is 3.66. The van der Waals surface area contributed by atoms with Crippen molar-refractivity contribution in [2.75, 3.05) is 0 Å². The molecule has 1 aromatic rings. The average molecular weight is 242 g/mol. The van der Waals surface area contributed by atoms with Crippen molar-refractivity contribution in [3.05, 3.63) is 54.1 Å². The second-order valence-electron chi connectivity index (χ2n) is 4.58. The van der Waals surface area contributed by atoms with Crippen molar-refractivity contribution in [2.24, 2.45) is 0 Å². The Hall–Kier alpha value is -1.83. The normalized spacial score (nSPS) is 21.8. The number of carbonyl (C=O) groups is 1. The predicted octanol–water partition coefficient (Wildman–Crippen LogP) is 3.99. The highest BCUT2D eigenvalue weighted by Crippen LogP contribution is 2.31. The summed E-state index contributed by atoms with van der Waals surface area (Å²) >= 11 is 0. The molecule has 0 saturated carbocycles. The molecule has 0 aromatic heterocycles. The number of carbonyl (C=O) groups excluding carboxylic acids is 1. The second kappa shape index (κ2) is 5.21. The molecule has 18 heavy (non-hydrogen) atoms. The molecule has 2 heteroatoms.